The van der Waals surface area contributed by atoms with Crippen LogP contribution in [0.5, 0.6) is 5.75 Å². The van der Waals surface area contributed by atoms with Crippen molar-refractivity contribution in [3.63, 3.8) is 0 Å². The molecule has 1 unspecified atom stereocenters. The van der Waals surface area contributed by atoms with Gasteiger partial charge >= 0.3 is 6.09 Å². The van der Waals surface area contributed by atoms with E-state index in [0.29, 0.717) is 24.7 Å². The predicted octanol–water partition coefficient (Wildman–Crippen LogP) is 6.09. The molecule has 0 spiro atoms. The second-order valence-electron chi connectivity index (χ2n) is 8.40. The van der Waals surface area contributed by atoms with E-state index in [2.05, 4.69) is 24.3 Å². The summed E-state index contributed by atoms with van der Waals surface area (Å²) >= 11 is 6.10. The van der Waals surface area contributed by atoms with Crippen LogP contribution in [0.2, 0.25) is 5.02 Å². The van der Waals surface area contributed by atoms with Gasteiger partial charge < -0.3 is 14.7 Å². The van der Waals surface area contributed by atoms with Crippen molar-refractivity contribution in [3.05, 3.63) is 87.9 Å². The molecule has 4 nitrogen and oxygen atoms in total. The predicted molar refractivity (Wildman–Crippen MR) is 122 cm³/mol. The Bertz CT molecular complexity index is 1110. The summed E-state index contributed by atoms with van der Waals surface area (Å²) in [6.45, 7) is 3.39. The zero-order valence-corrected chi connectivity index (χ0v) is 18.1. The number of phenolic OH excluding ortho intramolecular Hbond substituents is 1. The Morgan fingerprint density at radius 1 is 1.06 bits per heavy atom. The number of hydrogen-bond donors (Lipinski definition) is 1. The Balaban J connectivity index is 1.28. The highest BCUT2D eigenvalue weighted by molar-refractivity contribution is 6.31. The Morgan fingerprint density at radius 3 is 2.39 bits per heavy atom. The number of halogens is 1. The largest absolute Gasteiger partial charge is 0.508 e. The van der Waals surface area contributed by atoms with Crippen LogP contribution in [0.4, 0.5) is 4.79 Å². The molecule has 31 heavy (non-hydrogen) atoms. The van der Waals surface area contributed by atoms with E-state index in [1.807, 2.05) is 37.3 Å². The zero-order valence-electron chi connectivity index (χ0n) is 17.3. The quantitative estimate of drug-likeness (QED) is 0.543. The number of carbonyl (C=O) groups excluding carboxylic acids is 1. The summed E-state index contributed by atoms with van der Waals surface area (Å²) in [5.41, 5.74) is 6.61. The molecule has 0 radical (unpaired) electrons. The molecule has 1 aliphatic carbocycles. The van der Waals surface area contributed by atoms with E-state index in [1.165, 1.54) is 22.3 Å². The van der Waals surface area contributed by atoms with Crippen LogP contribution in [0.1, 0.15) is 40.5 Å². The number of aryl methyl sites for hydroxylation is 1. The highest BCUT2D eigenvalue weighted by Crippen LogP contribution is 2.44. The number of aromatic hydroxyl groups is 1. The van der Waals surface area contributed by atoms with E-state index in [4.69, 9.17) is 16.3 Å². The molecule has 1 saturated heterocycles. The molecule has 0 bridgehead atoms. The summed E-state index contributed by atoms with van der Waals surface area (Å²) in [5, 5.41) is 10.9. The molecule has 2 aliphatic rings. The van der Waals surface area contributed by atoms with Gasteiger partial charge in [-0.15, -0.1) is 0 Å². The van der Waals surface area contributed by atoms with Crippen molar-refractivity contribution in [2.75, 3.05) is 19.7 Å². The molecule has 1 aliphatic heterocycles. The van der Waals surface area contributed by atoms with Crippen LogP contribution in [0, 0.1) is 6.92 Å². The number of hydrogen-bond acceptors (Lipinski definition) is 3. The molecule has 1 atom stereocenters. The number of rotatable bonds is 3. The third-order valence-electron chi connectivity index (χ3n) is 6.53. The smallest absolute Gasteiger partial charge is 0.409 e. The third kappa shape index (κ3) is 3.55. The standard InChI is InChI=1S/C26H24ClNO3/c1-16-12-22(25(29)13-24(16)27)17-10-11-28(14-17)26(30)31-15-23-20-8-4-2-6-18(20)19-7-3-5-9-21(19)23/h2-9,12-13,17,23,29H,10-11,14-15H2,1H3. The topological polar surface area (TPSA) is 49.8 Å². The maximum Gasteiger partial charge on any atom is 0.409 e. The summed E-state index contributed by atoms with van der Waals surface area (Å²) in [6.07, 6.45) is 0.494. The molecule has 1 N–H and O–H groups in total. The number of amides is 1. The minimum Gasteiger partial charge on any atom is -0.508 e. The normalized spacial score (nSPS) is 17.5. The monoisotopic (exact) mass is 433 g/mol. The third-order valence-corrected chi connectivity index (χ3v) is 6.94. The number of carbonyl (C=O) groups is 1. The first-order valence-electron chi connectivity index (χ1n) is 10.6. The zero-order chi connectivity index (χ0) is 21.5. The minimum atomic E-state index is -0.297. The second kappa shape index (κ2) is 7.93. The minimum absolute atomic E-state index is 0.0534. The first-order valence-corrected chi connectivity index (χ1v) is 11.0. The van der Waals surface area contributed by atoms with Crippen molar-refractivity contribution in [2.24, 2.45) is 0 Å². The second-order valence-corrected chi connectivity index (χ2v) is 8.80. The molecule has 1 fully saturated rings. The van der Waals surface area contributed by atoms with Crippen molar-refractivity contribution in [1.29, 1.82) is 0 Å². The molecule has 1 heterocycles. The molecule has 1 amide bonds. The number of nitrogens with zero attached hydrogens (tertiary/aromatic N) is 1. The Kier molecular flexibility index (Phi) is 5.11. The van der Waals surface area contributed by atoms with Crippen molar-refractivity contribution >= 4 is 17.7 Å². The van der Waals surface area contributed by atoms with Gasteiger partial charge in [-0.25, -0.2) is 4.79 Å². The lowest BCUT2D eigenvalue weighted by Crippen LogP contribution is -2.30. The molecule has 5 rings (SSSR count). The van der Waals surface area contributed by atoms with Gasteiger partial charge in [0.25, 0.3) is 0 Å². The van der Waals surface area contributed by atoms with Crippen molar-refractivity contribution in [1.82, 2.24) is 4.90 Å². The molecule has 158 valence electrons. The SMILES string of the molecule is Cc1cc(C2CCN(C(=O)OCC3c4ccccc4-c4ccccc43)C2)c(O)cc1Cl. The average Bonchev–Trinajstić information content (AvgIpc) is 3.38. The number of fused-ring (bicyclic) bond motifs is 3. The fourth-order valence-corrected chi connectivity index (χ4v) is 5.04. The Labute approximate surface area is 187 Å². The van der Waals surface area contributed by atoms with Gasteiger partial charge in [-0.05, 0) is 52.8 Å². The summed E-state index contributed by atoms with van der Waals surface area (Å²) in [7, 11) is 0. The summed E-state index contributed by atoms with van der Waals surface area (Å²) in [5.74, 6) is 0.323. The Morgan fingerprint density at radius 2 is 1.71 bits per heavy atom. The van der Waals surface area contributed by atoms with Gasteiger partial charge in [0, 0.05) is 29.9 Å². The molecule has 5 heteroatoms. The highest BCUT2D eigenvalue weighted by atomic mass is 35.5. The number of likely N-dealkylation sites (tertiary alicyclic amines) is 1. The molecule has 0 saturated carbocycles. The maximum absolute atomic E-state index is 12.8. The summed E-state index contributed by atoms with van der Waals surface area (Å²) in [6, 6.07) is 20.1. The van der Waals surface area contributed by atoms with Crippen molar-refractivity contribution < 1.29 is 14.6 Å². The van der Waals surface area contributed by atoms with E-state index >= 15 is 0 Å². The van der Waals surface area contributed by atoms with Crippen LogP contribution < -0.4 is 0 Å². The first kappa shape index (κ1) is 20.0. The number of ether oxygens (including phenoxy) is 1. The lowest BCUT2D eigenvalue weighted by Gasteiger charge is -2.20. The first-order chi connectivity index (χ1) is 15.0. The molecule has 3 aromatic rings. The van der Waals surface area contributed by atoms with E-state index in [9.17, 15) is 9.90 Å². The molecular weight excluding hydrogens is 410 g/mol. The average molecular weight is 434 g/mol. The van der Waals surface area contributed by atoms with Gasteiger partial charge in [0.2, 0.25) is 0 Å². The van der Waals surface area contributed by atoms with Crippen molar-refractivity contribution in [3.8, 4) is 16.9 Å². The van der Waals surface area contributed by atoms with Gasteiger partial charge in [-0.3, -0.25) is 0 Å². The van der Waals surface area contributed by atoms with Crippen LogP contribution in [-0.2, 0) is 4.74 Å². The van der Waals surface area contributed by atoms with Gasteiger partial charge in [-0.2, -0.15) is 0 Å². The van der Waals surface area contributed by atoms with Crippen LogP contribution >= 0.6 is 11.6 Å². The van der Waals surface area contributed by atoms with Crippen LogP contribution in [0.25, 0.3) is 11.1 Å². The maximum atomic E-state index is 12.8. The molecule has 0 aromatic heterocycles. The van der Waals surface area contributed by atoms with Gasteiger partial charge in [0.1, 0.15) is 12.4 Å². The summed E-state index contributed by atoms with van der Waals surface area (Å²) in [4.78, 5) is 14.6. The van der Waals surface area contributed by atoms with Crippen LogP contribution in [0.3, 0.4) is 0 Å². The lowest BCUT2D eigenvalue weighted by atomic mass is 9.96. The van der Waals surface area contributed by atoms with Crippen LogP contribution in [0.15, 0.2) is 60.7 Å². The fourth-order valence-electron chi connectivity index (χ4n) is 4.89. The van der Waals surface area contributed by atoms with Gasteiger partial charge in [-0.1, -0.05) is 66.2 Å². The van der Waals surface area contributed by atoms with Crippen LogP contribution in [-0.4, -0.2) is 35.8 Å². The van der Waals surface area contributed by atoms with E-state index in [1.54, 1.807) is 11.0 Å². The number of phenols is 1. The Hall–Kier alpha value is -2.98. The molecular formula is C26H24ClNO3. The van der Waals surface area contributed by atoms with E-state index in [-0.39, 0.29) is 23.7 Å². The summed E-state index contributed by atoms with van der Waals surface area (Å²) < 4.78 is 5.78. The number of benzene rings is 3. The van der Waals surface area contributed by atoms with E-state index in [0.717, 1.165) is 17.5 Å². The fraction of sp³-hybridized carbons (Fsp3) is 0.269. The van der Waals surface area contributed by atoms with E-state index < -0.39 is 0 Å². The van der Waals surface area contributed by atoms with Gasteiger partial charge in [0.05, 0.1) is 0 Å². The van der Waals surface area contributed by atoms with Gasteiger partial charge in [0.15, 0.2) is 0 Å². The lowest BCUT2D eigenvalue weighted by molar-refractivity contribution is 0.107. The molecule has 3 aromatic carbocycles. The highest BCUT2D eigenvalue weighted by Gasteiger charge is 2.33. The van der Waals surface area contributed by atoms with Crippen molar-refractivity contribution in [2.45, 2.75) is 25.2 Å².